The molecule has 1 N–H and O–H groups in total. The summed E-state index contributed by atoms with van der Waals surface area (Å²) in [5.41, 5.74) is 1.96. The number of methoxy groups -OCH3 is 1. The number of hydrogen-bond donors (Lipinski definition) is 1. The number of carbonyl (C=O) groups is 3. The molecule has 3 aliphatic carbocycles. The summed E-state index contributed by atoms with van der Waals surface area (Å²) in [5, 5.41) is 11.6. The van der Waals surface area contributed by atoms with E-state index in [-0.39, 0.29) is 49.2 Å². The molecule has 0 aromatic carbocycles. The molecule has 7 nitrogen and oxygen atoms in total. The Labute approximate surface area is 193 Å². The van der Waals surface area contributed by atoms with Gasteiger partial charge >= 0.3 is 11.9 Å². The van der Waals surface area contributed by atoms with Crippen LogP contribution in [-0.2, 0) is 28.6 Å². The molecule has 33 heavy (non-hydrogen) atoms. The van der Waals surface area contributed by atoms with Gasteiger partial charge in [0.2, 0.25) is 0 Å². The molecule has 0 amide bonds. The van der Waals surface area contributed by atoms with Gasteiger partial charge in [0.05, 0.1) is 31.8 Å². The van der Waals surface area contributed by atoms with Crippen LogP contribution in [0.5, 0.6) is 0 Å². The second kappa shape index (κ2) is 7.37. The van der Waals surface area contributed by atoms with Gasteiger partial charge in [-0.15, -0.1) is 0 Å². The molecule has 178 valence electrons. The van der Waals surface area contributed by atoms with Gasteiger partial charge in [-0.3, -0.25) is 9.59 Å². The standard InChI is InChI=1S/C26H32O7/c1-12-6-7-18(27)25(3)17(11-19(28)31-5)26(4)21-13(2)15(14-8-9-32-24(14)30)10-16(21)33-23(26)22(29)20(12)25/h6,8,15-17,20,22-23,29H,7,9-11H2,1-5H3/t15-,16-,17-,20-,22-,23-,25+,26-/m1/s1. The van der Waals surface area contributed by atoms with Crippen molar-refractivity contribution in [2.24, 2.45) is 28.6 Å². The Balaban J connectivity index is 1.68. The summed E-state index contributed by atoms with van der Waals surface area (Å²) in [5.74, 6) is -1.60. The summed E-state index contributed by atoms with van der Waals surface area (Å²) in [4.78, 5) is 38.5. The Bertz CT molecular complexity index is 1040. The summed E-state index contributed by atoms with van der Waals surface area (Å²) in [6.45, 7) is 8.17. The van der Waals surface area contributed by atoms with E-state index < -0.39 is 34.9 Å². The predicted octanol–water partition coefficient (Wildman–Crippen LogP) is 2.68. The molecule has 0 bridgehead atoms. The Kier molecular flexibility index (Phi) is 5.04. The highest BCUT2D eigenvalue weighted by molar-refractivity contribution is 5.92. The topological polar surface area (TPSA) is 99.1 Å². The van der Waals surface area contributed by atoms with Gasteiger partial charge in [-0.2, -0.15) is 0 Å². The van der Waals surface area contributed by atoms with Gasteiger partial charge in [0, 0.05) is 34.7 Å². The molecule has 1 saturated heterocycles. The summed E-state index contributed by atoms with van der Waals surface area (Å²) in [7, 11) is 1.36. The van der Waals surface area contributed by atoms with Gasteiger partial charge in [0.15, 0.2) is 0 Å². The molecule has 5 aliphatic rings. The SMILES string of the molecule is COC(=O)C[C@H]1[C@]2(C)C3=C(C)[C@H](C4=CCOC4=O)C[C@H]3O[C@@H]2[C@H](O)[C@H]2C(C)=CCC(=O)[C@]12C. The van der Waals surface area contributed by atoms with E-state index >= 15 is 0 Å². The second-order valence-electron chi connectivity index (χ2n) is 10.6. The number of esters is 2. The molecule has 0 radical (unpaired) electrons. The molecule has 1 saturated carbocycles. The van der Waals surface area contributed by atoms with Crippen LogP contribution in [0.4, 0.5) is 0 Å². The van der Waals surface area contributed by atoms with Gasteiger partial charge in [0.25, 0.3) is 0 Å². The van der Waals surface area contributed by atoms with Crippen LogP contribution in [-0.4, -0.2) is 54.9 Å². The van der Waals surface area contributed by atoms with Crippen LogP contribution in [0.3, 0.4) is 0 Å². The highest BCUT2D eigenvalue weighted by atomic mass is 16.5. The van der Waals surface area contributed by atoms with Gasteiger partial charge in [-0.25, -0.2) is 4.79 Å². The average Bonchev–Trinajstić information content (AvgIpc) is 3.42. The molecule has 2 heterocycles. The van der Waals surface area contributed by atoms with Gasteiger partial charge in [-0.05, 0) is 37.8 Å². The molecular formula is C26H32O7. The van der Waals surface area contributed by atoms with Crippen molar-refractivity contribution in [3.8, 4) is 0 Å². The lowest BCUT2D eigenvalue weighted by atomic mass is 9.44. The maximum absolute atomic E-state index is 13.5. The van der Waals surface area contributed by atoms with Crippen LogP contribution >= 0.6 is 0 Å². The van der Waals surface area contributed by atoms with Crippen molar-refractivity contribution in [3.63, 3.8) is 0 Å². The zero-order valence-electron chi connectivity index (χ0n) is 19.8. The minimum absolute atomic E-state index is 0.0315. The van der Waals surface area contributed by atoms with Crippen LogP contribution in [0.25, 0.3) is 0 Å². The fraction of sp³-hybridized carbons (Fsp3) is 0.654. The first-order chi connectivity index (χ1) is 15.6. The van der Waals surface area contributed by atoms with Crippen molar-refractivity contribution in [2.45, 2.75) is 65.3 Å². The number of ether oxygens (including phenoxy) is 3. The third-order valence-electron chi connectivity index (χ3n) is 9.38. The number of rotatable bonds is 3. The van der Waals surface area contributed by atoms with E-state index in [1.807, 2.05) is 39.8 Å². The number of Topliss-reactive ketones (excluding diaryl/α,β-unsaturated/α-hetero) is 1. The van der Waals surface area contributed by atoms with Crippen LogP contribution in [0.1, 0.15) is 47.0 Å². The van der Waals surface area contributed by atoms with E-state index in [4.69, 9.17) is 14.2 Å². The van der Waals surface area contributed by atoms with E-state index in [1.54, 1.807) is 0 Å². The Morgan fingerprint density at radius 2 is 1.94 bits per heavy atom. The lowest BCUT2D eigenvalue weighted by Gasteiger charge is -2.59. The number of cyclic esters (lactones) is 1. The van der Waals surface area contributed by atoms with Crippen molar-refractivity contribution in [3.05, 3.63) is 34.4 Å². The van der Waals surface area contributed by atoms with E-state index in [1.165, 1.54) is 7.11 Å². The second-order valence-corrected chi connectivity index (χ2v) is 10.6. The van der Waals surface area contributed by atoms with Crippen molar-refractivity contribution in [1.82, 2.24) is 0 Å². The Morgan fingerprint density at radius 3 is 2.58 bits per heavy atom. The first-order valence-electron chi connectivity index (χ1n) is 11.7. The molecular weight excluding hydrogens is 424 g/mol. The number of carbonyl (C=O) groups excluding carboxylic acids is 3. The summed E-state index contributed by atoms with van der Waals surface area (Å²) in [6.07, 6.45) is 2.94. The summed E-state index contributed by atoms with van der Waals surface area (Å²) < 4.78 is 16.8. The number of ketones is 1. The molecule has 7 heteroatoms. The number of aliphatic hydroxyl groups excluding tert-OH is 1. The zero-order chi connectivity index (χ0) is 23.9. The Hall–Kier alpha value is -2.25. The lowest BCUT2D eigenvalue weighted by molar-refractivity contribution is -0.189. The van der Waals surface area contributed by atoms with Gasteiger partial charge < -0.3 is 19.3 Å². The summed E-state index contributed by atoms with van der Waals surface area (Å²) in [6, 6.07) is 0. The number of hydrogen-bond acceptors (Lipinski definition) is 7. The van der Waals surface area contributed by atoms with E-state index in [9.17, 15) is 19.5 Å². The van der Waals surface area contributed by atoms with Crippen molar-refractivity contribution >= 4 is 17.7 Å². The van der Waals surface area contributed by atoms with E-state index in [2.05, 4.69) is 0 Å². The molecule has 0 aromatic heterocycles. The fourth-order valence-corrected chi connectivity index (χ4v) is 7.91. The quantitative estimate of drug-likeness (QED) is 0.515. The van der Waals surface area contributed by atoms with Crippen LogP contribution < -0.4 is 0 Å². The first kappa shape index (κ1) is 22.5. The third-order valence-corrected chi connectivity index (χ3v) is 9.38. The van der Waals surface area contributed by atoms with Crippen molar-refractivity contribution in [1.29, 1.82) is 0 Å². The van der Waals surface area contributed by atoms with Gasteiger partial charge in [0.1, 0.15) is 12.4 Å². The molecule has 2 fully saturated rings. The maximum atomic E-state index is 13.5. The van der Waals surface area contributed by atoms with E-state index in [0.717, 1.165) is 16.7 Å². The largest absolute Gasteiger partial charge is 0.469 e. The molecule has 0 spiro atoms. The van der Waals surface area contributed by atoms with Crippen LogP contribution in [0, 0.1) is 28.6 Å². The smallest absolute Gasteiger partial charge is 0.334 e. The number of allylic oxidation sites excluding steroid dienone is 2. The minimum atomic E-state index is -0.938. The minimum Gasteiger partial charge on any atom is -0.469 e. The van der Waals surface area contributed by atoms with Crippen LogP contribution in [0.15, 0.2) is 34.4 Å². The third kappa shape index (κ3) is 2.78. The predicted molar refractivity (Wildman–Crippen MR) is 118 cm³/mol. The maximum Gasteiger partial charge on any atom is 0.334 e. The first-order valence-corrected chi connectivity index (χ1v) is 11.7. The van der Waals surface area contributed by atoms with Crippen LogP contribution in [0.2, 0.25) is 0 Å². The summed E-state index contributed by atoms with van der Waals surface area (Å²) >= 11 is 0. The molecule has 2 aliphatic heterocycles. The highest BCUT2D eigenvalue weighted by Crippen LogP contribution is 2.68. The fourth-order valence-electron chi connectivity index (χ4n) is 7.91. The van der Waals surface area contributed by atoms with Crippen molar-refractivity contribution < 1.29 is 33.7 Å². The number of aliphatic hydroxyl groups is 1. The van der Waals surface area contributed by atoms with Crippen molar-refractivity contribution in [2.75, 3.05) is 13.7 Å². The Morgan fingerprint density at radius 1 is 1.21 bits per heavy atom. The molecule has 0 unspecified atom stereocenters. The molecule has 5 rings (SSSR count). The zero-order valence-corrected chi connectivity index (χ0v) is 19.8. The highest BCUT2D eigenvalue weighted by Gasteiger charge is 2.71. The van der Waals surface area contributed by atoms with E-state index in [0.29, 0.717) is 12.0 Å². The molecule has 0 aromatic rings. The van der Waals surface area contributed by atoms with Gasteiger partial charge in [-0.1, -0.05) is 31.1 Å². The normalized spacial score (nSPS) is 44.1. The number of fused-ring (bicyclic) bond motifs is 4. The average molecular weight is 457 g/mol. The molecule has 8 atom stereocenters. The lowest BCUT2D eigenvalue weighted by Crippen LogP contribution is -2.65. The monoisotopic (exact) mass is 456 g/mol.